The van der Waals surface area contributed by atoms with Crippen LogP contribution >= 0.6 is 0 Å². The van der Waals surface area contributed by atoms with Gasteiger partial charge < -0.3 is 20.3 Å². The predicted octanol–water partition coefficient (Wildman–Crippen LogP) is 0.898. The van der Waals surface area contributed by atoms with E-state index in [0.717, 1.165) is 0 Å². The van der Waals surface area contributed by atoms with Gasteiger partial charge in [-0.15, -0.1) is 5.10 Å². The van der Waals surface area contributed by atoms with Crippen LogP contribution in [0.15, 0.2) is 23.3 Å². The van der Waals surface area contributed by atoms with Crippen molar-refractivity contribution in [3.05, 3.63) is 29.3 Å². The SMILES string of the molecule is CC1(C)Oc2ccc(C#N)cc2C(OC2=NN(CCN)C(=O)C3CC23)C1O. The summed E-state index contributed by atoms with van der Waals surface area (Å²) in [6, 6.07) is 7.14. The number of hydrazone groups is 1. The lowest BCUT2D eigenvalue weighted by molar-refractivity contribution is -0.134. The third kappa shape index (κ3) is 2.93. The van der Waals surface area contributed by atoms with E-state index in [1.54, 1.807) is 32.0 Å². The van der Waals surface area contributed by atoms with Gasteiger partial charge in [-0.05, 0) is 38.5 Å². The fourth-order valence-corrected chi connectivity index (χ4v) is 3.64. The summed E-state index contributed by atoms with van der Waals surface area (Å²) in [6.45, 7) is 4.19. The van der Waals surface area contributed by atoms with Crippen LogP contribution in [0.25, 0.3) is 0 Å². The summed E-state index contributed by atoms with van der Waals surface area (Å²) in [4.78, 5) is 12.2. The summed E-state index contributed by atoms with van der Waals surface area (Å²) in [7, 11) is 0. The molecule has 1 amide bonds. The van der Waals surface area contributed by atoms with Gasteiger partial charge in [-0.3, -0.25) is 4.79 Å². The number of amides is 1. The van der Waals surface area contributed by atoms with Gasteiger partial charge in [0.15, 0.2) is 6.10 Å². The molecule has 3 aliphatic rings. The number of carbonyl (C=O) groups is 1. The third-order valence-corrected chi connectivity index (χ3v) is 5.30. The molecule has 0 saturated heterocycles. The van der Waals surface area contributed by atoms with Crippen LogP contribution in [-0.4, -0.2) is 46.7 Å². The molecule has 0 aromatic heterocycles. The van der Waals surface area contributed by atoms with Crippen molar-refractivity contribution in [2.75, 3.05) is 13.1 Å². The number of aliphatic hydroxyl groups is 1. The number of hydrogen-bond donors (Lipinski definition) is 2. The van der Waals surface area contributed by atoms with Crippen molar-refractivity contribution >= 4 is 11.8 Å². The number of benzene rings is 1. The van der Waals surface area contributed by atoms with Gasteiger partial charge in [0.2, 0.25) is 11.8 Å². The first-order valence-electron chi connectivity index (χ1n) is 9.03. The summed E-state index contributed by atoms with van der Waals surface area (Å²) >= 11 is 0. The Hall–Kier alpha value is -2.63. The van der Waals surface area contributed by atoms with Crippen molar-refractivity contribution in [1.82, 2.24) is 5.01 Å². The normalized spacial score (nSPS) is 30.4. The number of rotatable bonds is 3. The Bertz CT molecular complexity index is 860. The highest BCUT2D eigenvalue weighted by atomic mass is 16.5. The maximum atomic E-state index is 12.2. The van der Waals surface area contributed by atoms with E-state index in [1.165, 1.54) is 5.01 Å². The maximum Gasteiger partial charge on any atom is 0.246 e. The number of carbonyl (C=O) groups excluding carboxylic acids is 1. The van der Waals surface area contributed by atoms with Crippen LogP contribution in [0.3, 0.4) is 0 Å². The molecule has 142 valence electrons. The molecule has 8 heteroatoms. The minimum atomic E-state index is -0.973. The molecule has 2 aliphatic heterocycles. The summed E-state index contributed by atoms with van der Waals surface area (Å²) in [5.41, 5.74) is 5.75. The van der Waals surface area contributed by atoms with E-state index in [4.69, 9.17) is 15.2 Å². The van der Waals surface area contributed by atoms with Gasteiger partial charge >= 0.3 is 0 Å². The molecule has 4 rings (SSSR count). The fraction of sp³-hybridized carbons (Fsp3) is 0.526. The zero-order chi connectivity index (χ0) is 19.3. The lowest BCUT2D eigenvalue weighted by Gasteiger charge is -2.42. The fourth-order valence-electron chi connectivity index (χ4n) is 3.64. The van der Waals surface area contributed by atoms with Crippen LogP contribution in [0, 0.1) is 23.2 Å². The second-order valence-corrected chi connectivity index (χ2v) is 7.69. The second kappa shape index (κ2) is 6.22. The Balaban J connectivity index is 1.70. The summed E-state index contributed by atoms with van der Waals surface area (Å²) in [5, 5.41) is 25.8. The molecule has 2 heterocycles. The van der Waals surface area contributed by atoms with E-state index in [-0.39, 0.29) is 17.7 Å². The van der Waals surface area contributed by atoms with Crippen LogP contribution in [0.4, 0.5) is 0 Å². The van der Waals surface area contributed by atoms with Crippen molar-refractivity contribution in [1.29, 1.82) is 5.26 Å². The first-order chi connectivity index (χ1) is 12.9. The topological polar surface area (TPSA) is 121 Å². The molecule has 27 heavy (non-hydrogen) atoms. The maximum absolute atomic E-state index is 12.2. The molecule has 0 bridgehead atoms. The molecule has 4 atom stereocenters. The van der Waals surface area contributed by atoms with Crippen molar-refractivity contribution in [3.8, 4) is 11.8 Å². The Morgan fingerprint density at radius 2 is 2.26 bits per heavy atom. The monoisotopic (exact) mass is 370 g/mol. The molecule has 1 aliphatic carbocycles. The Morgan fingerprint density at radius 3 is 2.96 bits per heavy atom. The van der Waals surface area contributed by atoms with Gasteiger partial charge in [0, 0.05) is 18.0 Å². The quantitative estimate of drug-likeness (QED) is 0.815. The van der Waals surface area contributed by atoms with Crippen molar-refractivity contribution < 1.29 is 19.4 Å². The van der Waals surface area contributed by atoms with E-state index >= 15 is 0 Å². The number of nitrogens with two attached hydrogens (primary N) is 1. The molecule has 1 fully saturated rings. The zero-order valence-corrected chi connectivity index (χ0v) is 15.3. The lowest BCUT2D eigenvalue weighted by Crippen LogP contribution is -2.50. The van der Waals surface area contributed by atoms with Crippen molar-refractivity contribution in [3.63, 3.8) is 0 Å². The van der Waals surface area contributed by atoms with Crippen molar-refractivity contribution in [2.45, 2.75) is 38.1 Å². The van der Waals surface area contributed by atoms with E-state index in [0.29, 0.717) is 42.3 Å². The molecule has 0 radical (unpaired) electrons. The van der Waals surface area contributed by atoms with E-state index in [2.05, 4.69) is 11.2 Å². The molecule has 1 aromatic rings. The minimum absolute atomic E-state index is 0.0298. The Morgan fingerprint density at radius 1 is 1.48 bits per heavy atom. The highest BCUT2D eigenvalue weighted by Crippen LogP contribution is 2.48. The first-order valence-corrected chi connectivity index (χ1v) is 9.03. The molecular formula is C19H22N4O4. The standard InChI is InChI=1S/C19H22N4O4/c1-19(2)16(24)15(13-7-10(9-21)3-4-14(13)27-19)26-17-11-8-12(11)18(25)23(22-17)6-5-20/h3-4,7,11-12,15-16,24H,5-6,8,20H2,1-2H3. The van der Waals surface area contributed by atoms with E-state index in [1.807, 2.05) is 0 Å². The molecule has 1 saturated carbocycles. The number of nitrogens with zero attached hydrogens (tertiary/aromatic N) is 3. The van der Waals surface area contributed by atoms with Gasteiger partial charge in [-0.1, -0.05) is 0 Å². The molecular weight excluding hydrogens is 348 g/mol. The van der Waals surface area contributed by atoms with Gasteiger partial charge in [0.1, 0.15) is 17.5 Å². The van der Waals surface area contributed by atoms with E-state index in [9.17, 15) is 15.2 Å². The largest absolute Gasteiger partial charge is 0.485 e. The lowest BCUT2D eigenvalue weighted by atomic mass is 9.87. The Labute approximate surface area is 157 Å². The van der Waals surface area contributed by atoms with Crippen LogP contribution in [-0.2, 0) is 9.53 Å². The van der Waals surface area contributed by atoms with Gasteiger partial charge in [-0.25, -0.2) is 5.01 Å². The smallest absolute Gasteiger partial charge is 0.246 e. The number of aliphatic hydroxyl groups excluding tert-OH is 1. The minimum Gasteiger partial charge on any atom is -0.485 e. The average Bonchev–Trinajstić information content (AvgIpc) is 3.43. The molecule has 8 nitrogen and oxygen atoms in total. The zero-order valence-electron chi connectivity index (χ0n) is 15.3. The average molecular weight is 370 g/mol. The van der Waals surface area contributed by atoms with Gasteiger partial charge in [0.25, 0.3) is 0 Å². The Kier molecular flexibility index (Phi) is 4.09. The summed E-state index contributed by atoms with van der Waals surface area (Å²) in [6.07, 6.45) is -1.03. The van der Waals surface area contributed by atoms with Crippen molar-refractivity contribution in [2.24, 2.45) is 22.7 Å². The molecule has 4 unspecified atom stereocenters. The summed E-state index contributed by atoms with van der Waals surface area (Å²) in [5.74, 6) is 0.778. The summed E-state index contributed by atoms with van der Waals surface area (Å²) < 4.78 is 12.1. The molecule has 1 aromatic carbocycles. The molecule has 0 spiro atoms. The predicted molar refractivity (Wildman–Crippen MR) is 95.5 cm³/mol. The number of ether oxygens (including phenoxy) is 2. The van der Waals surface area contributed by atoms with Crippen LogP contribution in [0.5, 0.6) is 5.75 Å². The highest BCUT2D eigenvalue weighted by Gasteiger charge is 2.54. The van der Waals surface area contributed by atoms with Crippen LogP contribution in [0.1, 0.15) is 37.5 Å². The number of hydrogen-bond acceptors (Lipinski definition) is 7. The highest BCUT2D eigenvalue weighted by molar-refractivity contribution is 5.96. The first kappa shape index (κ1) is 17.8. The van der Waals surface area contributed by atoms with Crippen LogP contribution in [0.2, 0.25) is 0 Å². The van der Waals surface area contributed by atoms with E-state index < -0.39 is 17.8 Å². The molecule has 3 N–H and O–H groups in total. The van der Waals surface area contributed by atoms with Gasteiger partial charge in [0.05, 0.1) is 24.1 Å². The van der Waals surface area contributed by atoms with Gasteiger partial charge in [-0.2, -0.15) is 5.26 Å². The number of fused-ring (bicyclic) bond motifs is 2. The van der Waals surface area contributed by atoms with Crippen LogP contribution < -0.4 is 10.5 Å². The number of nitriles is 1. The third-order valence-electron chi connectivity index (χ3n) is 5.30. The second-order valence-electron chi connectivity index (χ2n) is 7.69.